The van der Waals surface area contributed by atoms with Crippen LogP contribution in [0.2, 0.25) is 0 Å². The summed E-state index contributed by atoms with van der Waals surface area (Å²) in [6.45, 7) is 0.575. The highest BCUT2D eigenvalue weighted by atomic mass is 32.2. The number of para-hydroxylation sites is 1. The summed E-state index contributed by atoms with van der Waals surface area (Å²) in [5.74, 6) is -0.182. The first-order chi connectivity index (χ1) is 15.7. The average Bonchev–Trinajstić information content (AvgIpc) is 3.24. The lowest BCUT2D eigenvalue weighted by Gasteiger charge is -2.35. The Morgan fingerprint density at radius 1 is 1.15 bits per heavy atom. The number of carbonyl (C=O) groups excluding carboxylic acids is 1. The molecule has 2 aliphatic rings. The average molecular weight is 486 g/mol. The Balaban J connectivity index is 1.73. The number of aromatic nitrogens is 2. The second-order valence-corrected chi connectivity index (χ2v) is 10.3. The Labute approximate surface area is 190 Å². The Hall–Kier alpha value is -2.60. The first-order valence-electron chi connectivity index (χ1n) is 10.8. The number of halogens is 3. The Bertz CT molecular complexity index is 1070. The van der Waals surface area contributed by atoms with E-state index in [2.05, 4.69) is 9.97 Å². The number of nitrogens with zero attached hydrogens (tertiary/aromatic N) is 4. The largest absolute Gasteiger partial charge is 0.511 e. The standard InChI is InChI=1S/C21H26F3N5O3S/c22-21(23,24)33(31,32)28-12-16-6-2-3-7-19(16)29(13-17-11-25-15-26-17)18(14-28)10-20(30)27-8-4-1-5-9-27/h2-3,6-7,11,15,18H,1,4-5,8-10,12-14H2,(H,25,26)/t18-/m0/s1. The molecule has 2 aromatic rings. The highest BCUT2D eigenvalue weighted by molar-refractivity contribution is 7.89. The third kappa shape index (κ3) is 5.01. The van der Waals surface area contributed by atoms with Gasteiger partial charge in [0.05, 0.1) is 24.6 Å². The molecule has 1 saturated heterocycles. The number of likely N-dealkylation sites (tertiary alicyclic amines) is 1. The number of anilines is 1. The van der Waals surface area contributed by atoms with E-state index in [0.29, 0.717) is 34.3 Å². The number of sulfonamides is 1. The molecule has 0 unspecified atom stereocenters. The maximum absolute atomic E-state index is 13.5. The smallest absolute Gasteiger partial charge is 0.361 e. The van der Waals surface area contributed by atoms with Crippen molar-refractivity contribution in [3.63, 3.8) is 0 Å². The van der Waals surface area contributed by atoms with Crippen LogP contribution in [0.3, 0.4) is 0 Å². The number of hydrogen-bond donors (Lipinski definition) is 1. The molecule has 0 radical (unpaired) electrons. The third-order valence-electron chi connectivity index (χ3n) is 6.15. The second-order valence-electron chi connectivity index (χ2n) is 8.38. The normalized spacial score (nSPS) is 20.4. The van der Waals surface area contributed by atoms with Crippen LogP contribution >= 0.6 is 0 Å². The number of imidazole rings is 1. The summed E-state index contributed by atoms with van der Waals surface area (Å²) in [7, 11) is -5.58. The van der Waals surface area contributed by atoms with Gasteiger partial charge in [0.1, 0.15) is 0 Å². The SMILES string of the molecule is O=C(C[C@H]1CN(S(=O)(=O)C(F)(F)F)Cc2ccccc2N1Cc1cnc[nH]1)N1CCCCC1. The topological polar surface area (TPSA) is 89.6 Å². The van der Waals surface area contributed by atoms with Gasteiger partial charge >= 0.3 is 15.5 Å². The monoisotopic (exact) mass is 485 g/mol. The van der Waals surface area contributed by atoms with Gasteiger partial charge in [-0.15, -0.1) is 0 Å². The number of benzene rings is 1. The first-order valence-corrected chi connectivity index (χ1v) is 12.3. The molecule has 1 amide bonds. The van der Waals surface area contributed by atoms with E-state index in [9.17, 15) is 26.4 Å². The molecule has 4 rings (SSSR count). The number of aromatic amines is 1. The van der Waals surface area contributed by atoms with Gasteiger partial charge in [0.2, 0.25) is 5.91 Å². The molecule has 1 atom stereocenters. The van der Waals surface area contributed by atoms with Crippen LogP contribution in [0, 0.1) is 0 Å². The molecule has 0 bridgehead atoms. The van der Waals surface area contributed by atoms with Crippen LogP contribution in [0.4, 0.5) is 18.9 Å². The molecule has 1 aromatic heterocycles. The summed E-state index contributed by atoms with van der Waals surface area (Å²) >= 11 is 0. The van der Waals surface area contributed by atoms with E-state index in [-0.39, 0.29) is 18.9 Å². The highest BCUT2D eigenvalue weighted by Gasteiger charge is 2.51. The summed E-state index contributed by atoms with van der Waals surface area (Å²) in [5.41, 5.74) is -3.68. The summed E-state index contributed by atoms with van der Waals surface area (Å²) in [6.07, 6.45) is 5.79. The van der Waals surface area contributed by atoms with Gasteiger partial charge in [-0.2, -0.15) is 17.5 Å². The third-order valence-corrected chi connectivity index (χ3v) is 7.69. The van der Waals surface area contributed by atoms with Gasteiger partial charge in [-0.25, -0.2) is 13.4 Å². The van der Waals surface area contributed by atoms with E-state index in [0.717, 1.165) is 19.3 Å². The molecular weight excluding hydrogens is 459 g/mol. The fourth-order valence-corrected chi connectivity index (χ4v) is 5.43. The summed E-state index contributed by atoms with van der Waals surface area (Å²) in [5, 5.41) is 0. The lowest BCUT2D eigenvalue weighted by molar-refractivity contribution is -0.132. The van der Waals surface area contributed by atoms with Gasteiger partial charge < -0.3 is 14.8 Å². The zero-order chi connectivity index (χ0) is 23.6. The maximum atomic E-state index is 13.5. The number of carbonyl (C=O) groups is 1. The molecule has 0 spiro atoms. The van der Waals surface area contributed by atoms with E-state index in [1.54, 1.807) is 35.4 Å². The van der Waals surface area contributed by atoms with Crippen molar-refractivity contribution in [2.24, 2.45) is 0 Å². The second kappa shape index (κ2) is 9.34. The zero-order valence-electron chi connectivity index (χ0n) is 18.0. The lowest BCUT2D eigenvalue weighted by atomic mass is 10.1. The number of amides is 1. The predicted molar refractivity (Wildman–Crippen MR) is 115 cm³/mol. The summed E-state index contributed by atoms with van der Waals surface area (Å²) in [6, 6.07) is 5.97. The number of piperidine rings is 1. The lowest BCUT2D eigenvalue weighted by Crippen LogP contribution is -2.49. The molecule has 12 heteroatoms. The van der Waals surface area contributed by atoms with Crippen LogP contribution in [0.15, 0.2) is 36.8 Å². The number of H-pyrrole nitrogens is 1. The van der Waals surface area contributed by atoms with Gasteiger partial charge in [-0.05, 0) is 30.9 Å². The van der Waals surface area contributed by atoms with Gasteiger partial charge in [-0.3, -0.25) is 4.79 Å². The van der Waals surface area contributed by atoms with Gasteiger partial charge in [0, 0.05) is 44.5 Å². The van der Waals surface area contributed by atoms with Crippen LogP contribution < -0.4 is 4.90 Å². The summed E-state index contributed by atoms with van der Waals surface area (Å²) in [4.78, 5) is 23.6. The molecule has 1 fully saturated rings. The molecule has 180 valence electrons. The van der Waals surface area contributed by atoms with Crippen LogP contribution in [0.25, 0.3) is 0 Å². The minimum atomic E-state index is -5.58. The van der Waals surface area contributed by atoms with Crippen LogP contribution in [-0.4, -0.2) is 64.7 Å². The van der Waals surface area contributed by atoms with Gasteiger partial charge in [0.15, 0.2) is 0 Å². The van der Waals surface area contributed by atoms with Gasteiger partial charge in [0.25, 0.3) is 0 Å². The van der Waals surface area contributed by atoms with E-state index < -0.39 is 34.7 Å². The van der Waals surface area contributed by atoms with E-state index in [1.807, 2.05) is 4.90 Å². The van der Waals surface area contributed by atoms with Crippen molar-refractivity contribution < 1.29 is 26.4 Å². The first kappa shape index (κ1) is 23.6. The number of fused-ring (bicyclic) bond motifs is 1. The minimum absolute atomic E-state index is 0.0909. The zero-order valence-corrected chi connectivity index (χ0v) is 18.8. The fourth-order valence-electron chi connectivity index (χ4n) is 4.46. The Morgan fingerprint density at radius 3 is 2.55 bits per heavy atom. The quantitative estimate of drug-likeness (QED) is 0.704. The van der Waals surface area contributed by atoms with Crippen molar-refractivity contribution in [3.8, 4) is 0 Å². The molecule has 0 saturated carbocycles. The number of alkyl halides is 3. The molecule has 1 aromatic carbocycles. The number of hydrogen-bond acceptors (Lipinski definition) is 5. The Kier molecular flexibility index (Phi) is 6.66. The van der Waals surface area contributed by atoms with Crippen molar-refractivity contribution >= 4 is 21.6 Å². The fraction of sp³-hybridized carbons (Fsp3) is 0.524. The maximum Gasteiger partial charge on any atom is 0.511 e. The summed E-state index contributed by atoms with van der Waals surface area (Å²) < 4.78 is 65.7. The van der Waals surface area contributed by atoms with Crippen molar-refractivity contribution in [3.05, 3.63) is 48.0 Å². The molecule has 33 heavy (non-hydrogen) atoms. The van der Waals surface area contributed by atoms with Crippen molar-refractivity contribution in [2.75, 3.05) is 24.5 Å². The molecular formula is C21H26F3N5O3S. The van der Waals surface area contributed by atoms with Crippen LogP contribution in [-0.2, 0) is 27.9 Å². The minimum Gasteiger partial charge on any atom is -0.361 e. The van der Waals surface area contributed by atoms with E-state index >= 15 is 0 Å². The molecule has 1 N–H and O–H groups in total. The van der Waals surface area contributed by atoms with Crippen LogP contribution in [0.5, 0.6) is 0 Å². The van der Waals surface area contributed by atoms with Crippen LogP contribution in [0.1, 0.15) is 36.9 Å². The van der Waals surface area contributed by atoms with Crippen molar-refractivity contribution in [1.29, 1.82) is 0 Å². The van der Waals surface area contributed by atoms with Crippen molar-refractivity contribution in [2.45, 2.75) is 50.3 Å². The van der Waals surface area contributed by atoms with Gasteiger partial charge in [-0.1, -0.05) is 18.2 Å². The van der Waals surface area contributed by atoms with E-state index in [4.69, 9.17) is 0 Å². The number of nitrogens with one attached hydrogen (secondary N) is 1. The molecule has 0 aliphatic carbocycles. The molecule has 2 aliphatic heterocycles. The molecule has 3 heterocycles. The van der Waals surface area contributed by atoms with Crippen molar-refractivity contribution in [1.82, 2.24) is 19.2 Å². The number of rotatable bonds is 5. The highest BCUT2D eigenvalue weighted by Crippen LogP contribution is 2.35. The Morgan fingerprint density at radius 2 is 1.88 bits per heavy atom. The predicted octanol–water partition coefficient (Wildman–Crippen LogP) is 2.85. The molecule has 8 nitrogen and oxygen atoms in total. The van der Waals surface area contributed by atoms with E-state index in [1.165, 1.54) is 6.33 Å².